The molecule has 2 rings (SSSR count). The zero-order valence-corrected chi connectivity index (χ0v) is 13.2. The van der Waals surface area contributed by atoms with Gasteiger partial charge in [0.1, 0.15) is 0 Å². The minimum Gasteiger partial charge on any atom is -0.336 e. The van der Waals surface area contributed by atoms with Gasteiger partial charge in [-0.15, -0.1) is 0 Å². The summed E-state index contributed by atoms with van der Waals surface area (Å²) in [5, 5.41) is 0. The molecule has 1 heterocycles. The highest BCUT2D eigenvalue weighted by atomic mass is 79.9. The van der Waals surface area contributed by atoms with E-state index in [1.54, 1.807) is 0 Å². The highest BCUT2D eigenvalue weighted by molar-refractivity contribution is 9.10. The van der Waals surface area contributed by atoms with Gasteiger partial charge in [0, 0.05) is 36.2 Å². The van der Waals surface area contributed by atoms with Crippen molar-refractivity contribution in [2.45, 2.75) is 20.3 Å². The Kier molecular flexibility index (Phi) is 4.99. The van der Waals surface area contributed by atoms with E-state index in [-0.39, 0.29) is 5.91 Å². The molecule has 1 aromatic carbocycles. The number of amides is 1. The van der Waals surface area contributed by atoms with Gasteiger partial charge in [-0.3, -0.25) is 9.69 Å². The van der Waals surface area contributed by atoms with E-state index in [1.807, 2.05) is 30.0 Å². The van der Waals surface area contributed by atoms with Crippen LogP contribution in [0.4, 0.5) is 0 Å². The minimum absolute atomic E-state index is 0.162. The van der Waals surface area contributed by atoms with E-state index in [0.29, 0.717) is 0 Å². The zero-order chi connectivity index (χ0) is 13.8. The van der Waals surface area contributed by atoms with Crippen LogP contribution in [0.2, 0.25) is 0 Å². The SMILES string of the molecule is CCCN1CCN(C(=O)c2cc(Br)ccc2C)CC1. The van der Waals surface area contributed by atoms with Crippen molar-refractivity contribution in [2.24, 2.45) is 0 Å². The molecule has 19 heavy (non-hydrogen) atoms. The summed E-state index contributed by atoms with van der Waals surface area (Å²) in [4.78, 5) is 16.9. The summed E-state index contributed by atoms with van der Waals surface area (Å²) in [6, 6.07) is 5.89. The Morgan fingerprint density at radius 3 is 2.58 bits per heavy atom. The van der Waals surface area contributed by atoms with Gasteiger partial charge in [0.25, 0.3) is 5.91 Å². The van der Waals surface area contributed by atoms with Gasteiger partial charge in [-0.2, -0.15) is 0 Å². The molecule has 0 radical (unpaired) electrons. The fourth-order valence-electron chi connectivity index (χ4n) is 2.49. The first-order valence-electron chi connectivity index (χ1n) is 6.89. The number of hydrogen-bond acceptors (Lipinski definition) is 2. The summed E-state index contributed by atoms with van der Waals surface area (Å²) in [7, 11) is 0. The average Bonchev–Trinajstić information content (AvgIpc) is 2.42. The summed E-state index contributed by atoms with van der Waals surface area (Å²) in [5.41, 5.74) is 1.86. The molecule has 1 saturated heterocycles. The quantitative estimate of drug-likeness (QED) is 0.853. The molecule has 0 saturated carbocycles. The van der Waals surface area contributed by atoms with Gasteiger partial charge >= 0.3 is 0 Å². The largest absolute Gasteiger partial charge is 0.336 e. The van der Waals surface area contributed by atoms with Crippen molar-refractivity contribution in [3.8, 4) is 0 Å². The highest BCUT2D eigenvalue weighted by Crippen LogP contribution is 2.18. The molecule has 0 spiro atoms. The Hall–Kier alpha value is -0.870. The molecular weight excluding hydrogens is 304 g/mol. The van der Waals surface area contributed by atoms with Crippen molar-refractivity contribution in [3.05, 3.63) is 33.8 Å². The van der Waals surface area contributed by atoms with E-state index in [1.165, 1.54) is 6.42 Å². The van der Waals surface area contributed by atoms with Gasteiger partial charge in [-0.05, 0) is 37.6 Å². The van der Waals surface area contributed by atoms with Crippen LogP contribution in [0.1, 0.15) is 29.3 Å². The first-order valence-corrected chi connectivity index (χ1v) is 7.69. The number of carbonyl (C=O) groups excluding carboxylic acids is 1. The standard InChI is InChI=1S/C15H21BrN2O/c1-3-6-17-7-9-18(10-8-17)15(19)14-11-13(16)5-4-12(14)2/h4-5,11H,3,6-10H2,1-2H3. The normalized spacial score (nSPS) is 16.7. The van der Waals surface area contributed by atoms with Gasteiger partial charge in [0.05, 0.1) is 0 Å². The average molecular weight is 325 g/mol. The lowest BCUT2D eigenvalue weighted by Gasteiger charge is -2.34. The lowest BCUT2D eigenvalue weighted by atomic mass is 10.1. The highest BCUT2D eigenvalue weighted by Gasteiger charge is 2.22. The van der Waals surface area contributed by atoms with E-state index in [0.717, 1.165) is 48.3 Å². The van der Waals surface area contributed by atoms with Gasteiger partial charge in [-0.25, -0.2) is 0 Å². The minimum atomic E-state index is 0.162. The van der Waals surface area contributed by atoms with Gasteiger partial charge in [0.15, 0.2) is 0 Å². The molecule has 1 aromatic rings. The number of benzene rings is 1. The Morgan fingerprint density at radius 1 is 1.26 bits per heavy atom. The van der Waals surface area contributed by atoms with Crippen LogP contribution >= 0.6 is 15.9 Å². The number of aryl methyl sites for hydroxylation is 1. The monoisotopic (exact) mass is 324 g/mol. The first kappa shape index (κ1) is 14.5. The molecule has 1 fully saturated rings. The van der Waals surface area contributed by atoms with E-state index in [9.17, 15) is 4.79 Å². The van der Waals surface area contributed by atoms with Crippen LogP contribution in [0, 0.1) is 6.92 Å². The summed E-state index contributed by atoms with van der Waals surface area (Å²) in [6.07, 6.45) is 1.18. The van der Waals surface area contributed by atoms with Crippen molar-refractivity contribution >= 4 is 21.8 Å². The van der Waals surface area contributed by atoms with E-state index in [2.05, 4.69) is 27.8 Å². The van der Waals surface area contributed by atoms with Gasteiger partial charge < -0.3 is 4.90 Å². The number of hydrogen-bond donors (Lipinski definition) is 0. The predicted molar refractivity (Wildman–Crippen MR) is 81.5 cm³/mol. The molecule has 0 N–H and O–H groups in total. The van der Waals surface area contributed by atoms with Crippen molar-refractivity contribution in [3.63, 3.8) is 0 Å². The van der Waals surface area contributed by atoms with E-state index >= 15 is 0 Å². The second-order valence-corrected chi connectivity index (χ2v) is 6.01. The third-order valence-electron chi connectivity index (χ3n) is 3.63. The van der Waals surface area contributed by atoms with Crippen molar-refractivity contribution in [2.75, 3.05) is 32.7 Å². The molecule has 1 aliphatic heterocycles. The molecule has 1 aliphatic rings. The Balaban J connectivity index is 2.03. The molecule has 104 valence electrons. The van der Waals surface area contributed by atoms with Crippen LogP contribution in [0.25, 0.3) is 0 Å². The van der Waals surface area contributed by atoms with Gasteiger partial charge in [0.2, 0.25) is 0 Å². The second-order valence-electron chi connectivity index (χ2n) is 5.09. The smallest absolute Gasteiger partial charge is 0.254 e. The van der Waals surface area contributed by atoms with Gasteiger partial charge in [-0.1, -0.05) is 28.9 Å². The van der Waals surface area contributed by atoms with Crippen LogP contribution in [0.3, 0.4) is 0 Å². The van der Waals surface area contributed by atoms with Crippen LogP contribution in [-0.2, 0) is 0 Å². The Morgan fingerprint density at radius 2 is 1.95 bits per heavy atom. The van der Waals surface area contributed by atoms with Crippen LogP contribution in [0.5, 0.6) is 0 Å². The Labute approximate surface area is 123 Å². The molecule has 0 atom stereocenters. The topological polar surface area (TPSA) is 23.6 Å². The third-order valence-corrected chi connectivity index (χ3v) is 4.12. The van der Waals surface area contributed by atoms with E-state index in [4.69, 9.17) is 0 Å². The molecule has 0 aliphatic carbocycles. The second kappa shape index (κ2) is 6.53. The molecule has 1 amide bonds. The molecule has 0 aromatic heterocycles. The van der Waals surface area contributed by atoms with Crippen LogP contribution in [0.15, 0.2) is 22.7 Å². The predicted octanol–water partition coefficient (Wildman–Crippen LogP) is 2.93. The Bertz CT molecular complexity index is 453. The summed E-state index contributed by atoms with van der Waals surface area (Å²) < 4.78 is 0.964. The maximum Gasteiger partial charge on any atom is 0.254 e. The van der Waals surface area contributed by atoms with Crippen molar-refractivity contribution in [1.29, 1.82) is 0 Å². The van der Waals surface area contributed by atoms with Crippen LogP contribution < -0.4 is 0 Å². The molecule has 0 bridgehead atoms. The summed E-state index contributed by atoms with van der Waals surface area (Å²) in [5.74, 6) is 0.162. The maximum atomic E-state index is 12.5. The number of halogens is 1. The van der Waals surface area contributed by atoms with Crippen LogP contribution in [-0.4, -0.2) is 48.4 Å². The lowest BCUT2D eigenvalue weighted by Crippen LogP contribution is -2.48. The van der Waals surface area contributed by atoms with E-state index < -0.39 is 0 Å². The van der Waals surface area contributed by atoms with Crippen molar-refractivity contribution < 1.29 is 4.79 Å². The molecule has 0 unspecified atom stereocenters. The summed E-state index contributed by atoms with van der Waals surface area (Å²) in [6.45, 7) is 8.99. The molecular formula is C15H21BrN2O. The molecule has 4 heteroatoms. The number of piperazine rings is 1. The lowest BCUT2D eigenvalue weighted by molar-refractivity contribution is 0.0636. The number of rotatable bonds is 3. The maximum absolute atomic E-state index is 12.5. The van der Waals surface area contributed by atoms with Crippen molar-refractivity contribution in [1.82, 2.24) is 9.80 Å². The zero-order valence-electron chi connectivity index (χ0n) is 11.7. The summed E-state index contributed by atoms with van der Waals surface area (Å²) >= 11 is 3.44. The third kappa shape index (κ3) is 3.57. The number of nitrogens with zero attached hydrogens (tertiary/aromatic N) is 2. The first-order chi connectivity index (χ1) is 9.11. The fraction of sp³-hybridized carbons (Fsp3) is 0.533. The number of carbonyl (C=O) groups is 1. The fourth-order valence-corrected chi connectivity index (χ4v) is 2.85. The molecule has 3 nitrogen and oxygen atoms in total.